The first-order chi connectivity index (χ1) is 13.0. The predicted molar refractivity (Wildman–Crippen MR) is 102 cm³/mol. The number of thioether (sulfide) groups is 1. The standard InChI is InChI=1S/C18H22N6O2S/c1-26-14-6-4-13(5-7-14)10-15-22-23-17(24(15)20)27-11-16(25)21-18(12-19)8-2-3-9-18/h4-7H,2-3,8-11,20H2,1H3,(H,21,25). The highest BCUT2D eigenvalue weighted by Crippen LogP contribution is 2.29. The van der Waals surface area contributed by atoms with E-state index >= 15 is 0 Å². The monoisotopic (exact) mass is 386 g/mol. The molecule has 3 rings (SSSR count). The zero-order chi connectivity index (χ0) is 19.3. The van der Waals surface area contributed by atoms with Gasteiger partial charge in [-0.25, -0.2) is 4.68 Å². The molecule has 1 aliphatic carbocycles. The molecule has 0 unspecified atom stereocenters. The highest BCUT2D eigenvalue weighted by molar-refractivity contribution is 7.99. The van der Waals surface area contributed by atoms with E-state index < -0.39 is 5.54 Å². The third kappa shape index (κ3) is 4.52. The van der Waals surface area contributed by atoms with Gasteiger partial charge in [0.15, 0.2) is 5.82 Å². The van der Waals surface area contributed by atoms with Gasteiger partial charge in [0.1, 0.15) is 11.3 Å². The van der Waals surface area contributed by atoms with Crippen LogP contribution in [0.4, 0.5) is 0 Å². The summed E-state index contributed by atoms with van der Waals surface area (Å²) in [4.78, 5) is 12.2. The quantitative estimate of drug-likeness (QED) is 0.548. The van der Waals surface area contributed by atoms with Crippen molar-refractivity contribution in [3.8, 4) is 11.8 Å². The normalized spacial score (nSPS) is 15.3. The minimum atomic E-state index is -0.715. The van der Waals surface area contributed by atoms with E-state index in [-0.39, 0.29) is 11.7 Å². The lowest BCUT2D eigenvalue weighted by Crippen LogP contribution is -2.45. The molecular weight excluding hydrogens is 364 g/mol. The predicted octanol–water partition coefficient (Wildman–Crippen LogP) is 1.64. The van der Waals surface area contributed by atoms with Crippen LogP contribution >= 0.6 is 11.8 Å². The number of nitrogen functional groups attached to an aromatic ring is 1. The lowest BCUT2D eigenvalue weighted by atomic mass is 10.0. The number of nitrogens with one attached hydrogen (secondary N) is 1. The molecule has 0 radical (unpaired) electrons. The van der Waals surface area contributed by atoms with Crippen LogP contribution in [0.2, 0.25) is 0 Å². The SMILES string of the molecule is COc1ccc(Cc2nnc(SCC(=O)NC3(C#N)CCCC3)n2N)cc1. The van der Waals surface area contributed by atoms with Crippen molar-refractivity contribution in [2.24, 2.45) is 0 Å². The number of hydrogen-bond acceptors (Lipinski definition) is 7. The van der Waals surface area contributed by atoms with Crippen molar-refractivity contribution >= 4 is 17.7 Å². The summed E-state index contributed by atoms with van der Waals surface area (Å²) < 4.78 is 6.55. The van der Waals surface area contributed by atoms with Gasteiger partial charge in [0.2, 0.25) is 11.1 Å². The van der Waals surface area contributed by atoms with E-state index in [9.17, 15) is 10.1 Å². The van der Waals surface area contributed by atoms with Gasteiger partial charge in [0, 0.05) is 6.42 Å². The number of rotatable bonds is 7. The third-order valence-corrected chi connectivity index (χ3v) is 5.58. The fourth-order valence-electron chi connectivity index (χ4n) is 3.13. The topological polar surface area (TPSA) is 119 Å². The Labute approximate surface area is 162 Å². The van der Waals surface area contributed by atoms with Crippen molar-refractivity contribution in [2.45, 2.75) is 42.8 Å². The molecule has 1 fully saturated rings. The summed E-state index contributed by atoms with van der Waals surface area (Å²) in [6.45, 7) is 0. The van der Waals surface area contributed by atoms with Crippen LogP contribution in [0.15, 0.2) is 29.4 Å². The van der Waals surface area contributed by atoms with Gasteiger partial charge < -0.3 is 15.9 Å². The smallest absolute Gasteiger partial charge is 0.231 e. The molecule has 142 valence electrons. The second-order valence-electron chi connectivity index (χ2n) is 6.53. The van der Waals surface area contributed by atoms with Crippen LogP contribution in [0.5, 0.6) is 5.75 Å². The van der Waals surface area contributed by atoms with Crippen molar-refractivity contribution in [1.82, 2.24) is 20.2 Å². The summed E-state index contributed by atoms with van der Waals surface area (Å²) in [5.41, 5.74) is 0.314. The van der Waals surface area contributed by atoms with Crippen LogP contribution in [0.1, 0.15) is 37.1 Å². The van der Waals surface area contributed by atoms with Crippen LogP contribution in [-0.4, -0.2) is 39.2 Å². The molecule has 8 nitrogen and oxygen atoms in total. The van der Waals surface area contributed by atoms with Crippen molar-refractivity contribution < 1.29 is 9.53 Å². The summed E-state index contributed by atoms with van der Waals surface area (Å²) in [6.07, 6.45) is 3.87. The van der Waals surface area contributed by atoms with Crippen LogP contribution in [0, 0.1) is 11.3 Å². The number of methoxy groups -OCH3 is 1. The number of ether oxygens (including phenoxy) is 1. The van der Waals surface area contributed by atoms with Crippen molar-refractivity contribution in [3.63, 3.8) is 0 Å². The molecule has 1 saturated carbocycles. The minimum Gasteiger partial charge on any atom is -0.497 e. The molecule has 3 N–H and O–H groups in total. The Hall–Kier alpha value is -2.73. The first-order valence-corrected chi connectivity index (χ1v) is 9.71. The first kappa shape index (κ1) is 19.0. The third-order valence-electron chi connectivity index (χ3n) is 4.64. The summed E-state index contributed by atoms with van der Waals surface area (Å²) in [5.74, 6) is 7.41. The molecule has 0 atom stereocenters. The molecule has 1 amide bonds. The van der Waals surface area contributed by atoms with E-state index in [2.05, 4.69) is 21.6 Å². The number of nitrogens with zero attached hydrogens (tertiary/aromatic N) is 4. The highest BCUT2D eigenvalue weighted by Gasteiger charge is 2.35. The Morgan fingerprint density at radius 3 is 2.70 bits per heavy atom. The number of nitriles is 1. The van der Waals surface area contributed by atoms with Crippen molar-refractivity contribution in [2.75, 3.05) is 18.7 Å². The minimum absolute atomic E-state index is 0.140. The lowest BCUT2D eigenvalue weighted by Gasteiger charge is -2.21. The Balaban J connectivity index is 1.57. The summed E-state index contributed by atoms with van der Waals surface area (Å²) in [5, 5.41) is 20.9. The van der Waals surface area contributed by atoms with E-state index in [1.807, 2.05) is 24.3 Å². The maximum absolute atomic E-state index is 12.2. The number of amides is 1. The Morgan fingerprint density at radius 2 is 2.07 bits per heavy atom. The van der Waals surface area contributed by atoms with Crippen LogP contribution in [0.3, 0.4) is 0 Å². The number of aromatic nitrogens is 3. The highest BCUT2D eigenvalue weighted by atomic mass is 32.2. The van der Waals surface area contributed by atoms with Gasteiger partial charge in [-0.15, -0.1) is 10.2 Å². The van der Waals surface area contributed by atoms with Gasteiger partial charge >= 0.3 is 0 Å². The van der Waals surface area contributed by atoms with Gasteiger partial charge in [-0.1, -0.05) is 23.9 Å². The molecule has 27 heavy (non-hydrogen) atoms. The van der Waals surface area contributed by atoms with Gasteiger partial charge in [-0.2, -0.15) is 5.26 Å². The second kappa shape index (κ2) is 8.31. The maximum Gasteiger partial charge on any atom is 0.231 e. The van der Waals surface area contributed by atoms with Crippen LogP contribution < -0.4 is 15.9 Å². The lowest BCUT2D eigenvalue weighted by molar-refractivity contribution is -0.119. The first-order valence-electron chi connectivity index (χ1n) is 8.72. The summed E-state index contributed by atoms with van der Waals surface area (Å²) >= 11 is 1.21. The number of carbonyl (C=O) groups excluding carboxylic acids is 1. The Kier molecular flexibility index (Phi) is 5.86. The average molecular weight is 386 g/mol. The largest absolute Gasteiger partial charge is 0.497 e. The van der Waals surface area contributed by atoms with E-state index in [0.717, 1.165) is 24.2 Å². The number of benzene rings is 1. The molecule has 0 aliphatic heterocycles. The van der Waals surface area contributed by atoms with Crippen molar-refractivity contribution in [3.05, 3.63) is 35.7 Å². The molecule has 2 aromatic rings. The fraction of sp³-hybridized carbons (Fsp3) is 0.444. The van der Waals surface area contributed by atoms with E-state index in [4.69, 9.17) is 10.6 Å². The van der Waals surface area contributed by atoms with Gasteiger partial charge in [-0.05, 0) is 43.4 Å². The van der Waals surface area contributed by atoms with Crippen LogP contribution in [0.25, 0.3) is 0 Å². The molecule has 0 spiro atoms. The summed E-state index contributed by atoms with van der Waals surface area (Å²) in [7, 11) is 1.62. The van der Waals surface area contributed by atoms with Gasteiger partial charge in [0.25, 0.3) is 0 Å². The molecule has 1 heterocycles. The Morgan fingerprint density at radius 1 is 1.37 bits per heavy atom. The molecule has 1 aromatic heterocycles. The van der Waals surface area contributed by atoms with E-state index in [1.54, 1.807) is 7.11 Å². The zero-order valence-corrected chi connectivity index (χ0v) is 16.0. The number of nitrogens with two attached hydrogens (primary N) is 1. The Bertz CT molecular complexity index is 837. The molecule has 1 aromatic carbocycles. The van der Waals surface area contributed by atoms with Crippen LogP contribution in [-0.2, 0) is 11.2 Å². The molecule has 1 aliphatic rings. The van der Waals surface area contributed by atoms with Gasteiger partial charge in [0.05, 0.1) is 18.9 Å². The number of hydrogen-bond donors (Lipinski definition) is 2. The summed E-state index contributed by atoms with van der Waals surface area (Å²) in [6, 6.07) is 9.88. The fourth-order valence-corrected chi connectivity index (χ4v) is 3.80. The van der Waals surface area contributed by atoms with E-state index in [0.29, 0.717) is 30.2 Å². The molecular formula is C18H22N6O2S. The second-order valence-corrected chi connectivity index (χ2v) is 7.47. The van der Waals surface area contributed by atoms with E-state index in [1.165, 1.54) is 16.4 Å². The number of carbonyl (C=O) groups is 1. The maximum atomic E-state index is 12.2. The average Bonchev–Trinajstić information content (AvgIpc) is 3.29. The van der Waals surface area contributed by atoms with Crippen molar-refractivity contribution in [1.29, 1.82) is 5.26 Å². The molecule has 9 heteroatoms. The molecule has 0 saturated heterocycles. The van der Waals surface area contributed by atoms with Gasteiger partial charge in [-0.3, -0.25) is 4.79 Å². The zero-order valence-electron chi connectivity index (χ0n) is 15.1. The molecule has 0 bridgehead atoms.